The molecule has 0 unspecified atom stereocenters. The highest BCUT2D eigenvalue weighted by Crippen LogP contribution is 2.17. The minimum absolute atomic E-state index is 0.0315. The van der Waals surface area contributed by atoms with Crippen molar-refractivity contribution in [3.8, 4) is 0 Å². The van der Waals surface area contributed by atoms with Gasteiger partial charge in [0.25, 0.3) is 0 Å². The highest BCUT2D eigenvalue weighted by atomic mass is 32.2. The predicted octanol–water partition coefficient (Wildman–Crippen LogP) is 1.16. The maximum atomic E-state index is 13.0. The summed E-state index contributed by atoms with van der Waals surface area (Å²) in [6.45, 7) is 0.875. The molecule has 1 amide bonds. The Hall–Kier alpha value is -1.67. The molecule has 1 aliphatic heterocycles. The standard InChI is InChI=1S/C13H18FN3O3S/c14-11-5-4-10(9-12(11)15)16-13(18)3-1-6-17-7-2-8-21(17,19)20/h4-5,9H,1-3,6-8,15H2,(H,16,18). The maximum absolute atomic E-state index is 13.0. The number of nitrogens with two attached hydrogens (primary N) is 1. The van der Waals surface area contributed by atoms with Gasteiger partial charge in [-0.3, -0.25) is 4.79 Å². The highest BCUT2D eigenvalue weighted by Gasteiger charge is 2.27. The van der Waals surface area contributed by atoms with Crippen molar-refractivity contribution >= 4 is 27.3 Å². The molecule has 1 aliphatic rings. The molecule has 116 valence electrons. The zero-order valence-corrected chi connectivity index (χ0v) is 12.3. The summed E-state index contributed by atoms with van der Waals surface area (Å²) < 4.78 is 37.5. The summed E-state index contributed by atoms with van der Waals surface area (Å²) in [4.78, 5) is 11.7. The van der Waals surface area contributed by atoms with Gasteiger partial charge in [-0.1, -0.05) is 0 Å². The molecule has 21 heavy (non-hydrogen) atoms. The Morgan fingerprint density at radius 1 is 1.43 bits per heavy atom. The van der Waals surface area contributed by atoms with Crippen LogP contribution < -0.4 is 11.1 Å². The van der Waals surface area contributed by atoms with Gasteiger partial charge in [-0.25, -0.2) is 17.1 Å². The molecule has 1 fully saturated rings. The molecule has 1 heterocycles. The fourth-order valence-corrected chi connectivity index (χ4v) is 3.77. The van der Waals surface area contributed by atoms with Crippen LogP contribution in [0, 0.1) is 5.82 Å². The van der Waals surface area contributed by atoms with Gasteiger partial charge < -0.3 is 11.1 Å². The lowest BCUT2D eigenvalue weighted by Gasteiger charge is -2.13. The molecule has 0 bridgehead atoms. The van der Waals surface area contributed by atoms with Crippen LogP contribution in [-0.2, 0) is 14.8 Å². The Morgan fingerprint density at radius 2 is 2.19 bits per heavy atom. The van der Waals surface area contributed by atoms with Gasteiger partial charge in [0.15, 0.2) is 0 Å². The first-order valence-electron chi connectivity index (χ1n) is 6.71. The average molecular weight is 315 g/mol. The van der Waals surface area contributed by atoms with Crippen LogP contribution in [0.3, 0.4) is 0 Å². The number of rotatable bonds is 5. The van der Waals surface area contributed by atoms with Crippen molar-refractivity contribution in [2.24, 2.45) is 0 Å². The number of amides is 1. The second kappa shape index (κ2) is 6.40. The van der Waals surface area contributed by atoms with Crippen molar-refractivity contribution in [2.45, 2.75) is 19.3 Å². The molecule has 0 aromatic heterocycles. The average Bonchev–Trinajstić information content (AvgIpc) is 2.73. The maximum Gasteiger partial charge on any atom is 0.224 e. The molecule has 0 atom stereocenters. The van der Waals surface area contributed by atoms with Crippen LogP contribution >= 0.6 is 0 Å². The van der Waals surface area contributed by atoms with Crippen LogP contribution in [0.4, 0.5) is 15.8 Å². The van der Waals surface area contributed by atoms with Crippen molar-refractivity contribution in [1.82, 2.24) is 4.31 Å². The number of anilines is 2. The first-order chi connectivity index (χ1) is 9.88. The minimum atomic E-state index is -3.11. The van der Waals surface area contributed by atoms with Crippen molar-refractivity contribution in [1.29, 1.82) is 0 Å². The zero-order valence-electron chi connectivity index (χ0n) is 11.5. The van der Waals surface area contributed by atoms with E-state index in [1.807, 2.05) is 0 Å². The third-order valence-corrected chi connectivity index (χ3v) is 5.25. The normalized spacial score (nSPS) is 17.8. The number of halogens is 1. The lowest BCUT2D eigenvalue weighted by Crippen LogP contribution is -2.27. The van der Waals surface area contributed by atoms with Crippen LogP contribution in [0.25, 0.3) is 0 Å². The first kappa shape index (κ1) is 15.7. The van der Waals surface area contributed by atoms with Gasteiger partial charge >= 0.3 is 0 Å². The number of sulfonamides is 1. The molecule has 1 saturated heterocycles. The fourth-order valence-electron chi connectivity index (χ4n) is 2.20. The monoisotopic (exact) mass is 315 g/mol. The van der Waals surface area contributed by atoms with Gasteiger partial charge in [0.05, 0.1) is 11.4 Å². The Morgan fingerprint density at radius 3 is 2.81 bits per heavy atom. The molecule has 0 radical (unpaired) electrons. The number of benzene rings is 1. The van der Waals surface area contributed by atoms with Crippen LogP contribution in [0.2, 0.25) is 0 Å². The molecule has 1 aromatic rings. The summed E-state index contributed by atoms with van der Waals surface area (Å²) in [6.07, 6.45) is 1.29. The van der Waals surface area contributed by atoms with Crippen LogP contribution in [0.15, 0.2) is 18.2 Å². The molecule has 1 aromatic carbocycles. The van der Waals surface area contributed by atoms with Crippen molar-refractivity contribution in [2.75, 3.05) is 29.9 Å². The topological polar surface area (TPSA) is 92.5 Å². The van der Waals surface area contributed by atoms with E-state index in [2.05, 4.69) is 5.32 Å². The second-order valence-electron chi connectivity index (χ2n) is 4.96. The van der Waals surface area contributed by atoms with Crippen molar-refractivity contribution in [3.63, 3.8) is 0 Å². The van der Waals surface area contributed by atoms with Crippen molar-refractivity contribution < 1.29 is 17.6 Å². The Labute approximate surface area is 123 Å². The number of nitrogens with zero attached hydrogens (tertiary/aromatic N) is 1. The quantitative estimate of drug-likeness (QED) is 0.798. The Kier molecular flexibility index (Phi) is 4.79. The molecule has 8 heteroatoms. The lowest BCUT2D eigenvalue weighted by atomic mass is 10.2. The predicted molar refractivity (Wildman–Crippen MR) is 78.7 cm³/mol. The summed E-state index contributed by atoms with van der Waals surface area (Å²) in [5.74, 6) is -0.599. The van der Waals surface area contributed by atoms with Gasteiger partial charge in [0, 0.05) is 25.2 Å². The molecular formula is C13H18FN3O3S. The third kappa shape index (κ3) is 4.15. The van der Waals surface area contributed by atoms with Crippen LogP contribution in [-0.4, -0.2) is 37.5 Å². The SMILES string of the molecule is Nc1cc(NC(=O)CCCN2CCCS2(=O)=O)ccc1F. The summed E-state index contributed by atoms with van der Waals surface area (Å²) in [5.41, 5.74) is 5.80. The number of hydrogen-bond donors (Lipinski definition) is 2. The summed E-state index contributed by atoms with van der Waals surface area (Å²) in [5, 5.41) is 2.60. The molecule has 2 rings (SSSR count). The minimum Gasteiger partial charge on any atom is -0.396 e. The Balaban J connectivity index is 1.78. The van der Waals surface area contributed by atoms with E-state index in [1.54, 1.807) is 0 Å². The van der Waals surface area contributed by atoms with E-state index in [0.29, 0.717) is 31.6 Å². The van der Waals surface area contributed by atoms with Gasteiger partial charge in [-0.15, -0.1) is 0 Å². The molecular weight excluding hydrogens is 297 g/mol. The molecule has 0 aliphatic carbocycles. The van der Waals surface area contributed by atoms with Crippen LogP contribution in [0.5, 0.6) is 0 Å². The van der Waals surface area contributed by atoms with Gasteiger partial charge in [0.2, 0.25) is 15.9 Å². The molecule has 6 nitrogen and oxygen atoms in total. The van der Waals surface area contributed by atoms with E-state index in [0.717, 1.165) is 0 Å². The smallest absolute Gasteiger partial charge is 0.224 e. The number of carbonyl (C=O) groups excluding carboxylic acids is 1. The van der Waals surface area contributed by atoms with E-state index in [-0.39, 0.29) is 23.8 Å². The van der Waals surface area contributed by atoms with Gasteiger partial charge in [-0.05, 0) is 31.0 Å². The number of nitrogens with one attached hydrogen (secondary N) is 1. The zero-order chi connectivity index (χ0) is 15.5. The Bertz CT molecular complexity index is 634. The molecule has 0 saturated carbocycles. The van der Waals surface area contributed by atoms with E-state index >= 15 is 0 Å². The number of hydrogen-bond acceptors (Lipinski definition) is 4. The van der Waals surface area contributed by atoms with E-state index < -0.39 is 15.8 Å². The molecule has 3 N–H and O–H groups in total. The summed E-state index contributed by atoms with van der Waals surface area (Å²) >= 11 is 0. The third-order valence-electron chi connectivity index (χ3n) is 3.29. The van der Waals surface area contributed by atoms with E-state index in [1.165, 1.54) is 22.5 Å². The lowest BCUT2D eigenvalue weighted by molar-refractivity contribution is -0.116. The molecule has 0 spiro atoms. The van der Waals surface area contributed by atoms with Gasteiger partial charge in [0.1, 0.15) is 5.82 Å². The number of carbonyl (C=O) groups is 1. The van der Waals surface area contributed by atoms with Gasteiger partial charge in [-0.2, -0.15) is 0 Å². The van der Waals surface area contributed by atoms with E-state index in [9.17, 15) is 17.6 Å². The van der Waals surface area contributed by atoms with Crippen molar-refractivity contribution in [3.05, 3.63) is 24.0 Å². The first-order valence-corrected chi connectivity index (χ1v) is 8.32. The number of nitrogen functional groups attached to an aromatic ring is 1. The fraction of sp³-hybridized carbons (Fsp3) is 0.462. The van der Waals surface area contributed by atoms with E-state index in [4.69, 9.17) is 5.73 Å². The second-order valence-corrected chi connectivity index (χ2v) is 7.05. The largest absolute Gasteiger partial charge is 0.396 e. The highest BCUT2D eigenvalue weighted by molar-refractivity contribution is 7.89. The summed E-state index contributed by atoms with van der Waals surface area (Å²) in [6, 6.07) is 3.95. The van der Waals surface area contributed by atoms with Crippen LogP contribution in [0.1, 0.15) is 19.3 Å². The summed E-state index contributed by atoms with van der Waals surface area (Å²) in [7, 11) is -3.11.